The predicted octanol–water partition coefficient (Wildman–Crippen LogP) is 2.75. The van der Waals surface area contributed by atoms with Gasteiger partial charge < -0.3 is 18.7 Å². The number of para-hydroxylation sites is 1. The van der Waals surface area contributed by atoms with Crippen LogP contribution in [0.2, 0.25) is 0 Å². The molecule has 0 radical (unpaired) electrons. The van der Waals surface area contributed by atoms with Gasteiger partial charge in [-0.2, -0.15) is 5.10 Å². The molecule has 0 unspecified atom stereocenters. The molecular weight excluding hydrogens is 324 g/mol. The number of methoxy groups -OCH3 is 1. The van der Waals surface area contributed by atoms with E-state index in [1.165, 1.54) is 19.6 Å². The lowest BCUT2D eigenvalue weighted by Crippen LogP contribution is -2.23. The van der Waals surface area contributed by atoms with Gasteiger partial charge in [-0.1, -0.05) is 12.1 Å². The van der Waals surface area contributed by atoms with E-state index in [-0.39, 0.29) is 11.5 Å². The summed E-state index contributed by atoms with van der Waals surface area (Å²) in [6.07, 6.45) is 1.69. The molecule has 0 saturated heterocycles. The molecule has 1 amide bonds. The van der Waals surface area contributed by atoms with Crippen LogP contribution in [0.1, 0.15) is 28.0 Å². The second kappa shape index (κ2) is 7.50. The molecule has 0 aliphatic heterocycles. The first-order valence-electron chi connectivity index (χ1n) is 7.47. The van der Waals surface area contributed by atoms with Gasteiger partial charge in [0.15, 0.2) is 11.9 Å². The Hall–Kier alpha value is -3.32. The lowest BCUT2D eigenvalue weighted by Gasteiger charge is -2.11. The van der Waals surface area contributed by atoms with Gasteiger partial charge in [0.1, 0.15) is 17.2 Å². The number of amides is 1. The van der Waals surface area contributed by atoms with Crippen LogP contribution >= 0.6 is 0 Å². The number of carbonyl (C=O) groups excluding carboxylic acids is 1. The van der Waals surface area contributed by atoms with Gasteiger partial charge in [0.25, 0.3) is 5.91 Å². The first-order valence-corrected chi connectivity index (χ1v) is 7.47. The maximum Gasteiger partial charge on any atom is 0.275 e. The number of nitrogens with one attached hydrogen (secondary N) is 1. The van der Waals surface area contributed by atoms with Gasteiger partial charge in [0.05, 0.1) is 25.2 Å². The summed E-state index contributed by atoms with van der Waals surface area (Å²) in [6, 6.07) is 13.3. The van der Waals surface area contributed by atoms with Gasteiger partial charge >= 0.3 is 0 Å². The molecule has 0 bridgehead atoms. The van der Waals surface area contributed by atoms with Gasteiger partial charge in [-0.05, 0) is 36.4 Å². The Bertz CT molecular complexity index is 853. The Morgan fingerprint density at radius 2 is 1.88 bits per heavy atom. The zero-order valence-electron chi connectivity index (χ0n) is 13.4. The Morgan fingerprint density at radius 1 is 1.12 bits per heavy atom. The fourth-order valence-corrected chi connectivity index (χ4v) is 2.26. The second-order valence-corrected chi connectivity index (χ2v) is 5.03. The minimum Gasteiger partial charge on any atom is -0.496 e. The summed E-state index contributed by atoms with van der Waals surface area (Å²) in [7, 11) is 1.48. The molecule has 7 heteroatoms. The average molecular weight is 340 g/mol. The summed E-state index contributed by atoms with van der Waals surface area (Å²) in [5, 5.41) is 14.5. The van der Waals surface area contributed by atoms with E-state index in [2.05, 4.69) is 10.5 Å². The number of rotatable bonds is 6. The SMILES string of the molecule is COc1ccccc1C(=O)NN=C(c1ccco1)[C@@H](O)c1ccco1. The van der Waals surface area contributed by atoms with Crippen LogP contribution in [-0.2, 0) is 0 Å². The molecule has 3 rings (SSSR count). The molecule has 3 aromatic rings. The van der Waals surface area contributed by atoms with E-state index in [1.54, 1.807) is 48.5 Å². The molecular formula is C18H16N2O5. The van der Waals surface area contributed by atoms with E-state index >= 15 is 0 Å². The predicted molar refractivity (Wildman–Crippen MR) is 89.4 cm³/mol. The highest BCUT2D eigenvalue weighted by atomic mass is 16.5. The van der Waals surface area contributed by atoms with Crippen LogP contribution in [0.4, 0.5) is 0 Å². The van der Waals surface area contributed by atoms with Crippen LogP contribution in [0.3, 0.4) is 0 Å². The molecule has 1 atom stereocenters. The van der Waals surface area contributed by atoms with Crippen molar-refractivity contribution in [2.75, 3.05) is 7.11 Å². The Kier molecular flexibility index (Phi) is 4.96. The molecule has 2 aromatic heterocycles. The highest BCUT2D eigenvalue weighted by Crippen LogP contribution is 2.21. The van der Waals surface area contributed by atoms with Crippen molar-refractivity contribution in [2.24, 2.45) is 5.10 Å². The van der Waals surface area contributed by atoms with Crippen molar-refractivity contribution in [3.05, 3.63) is 78.1 Å². The largest absolute Gasteiger partial charge is 0.496 e. The minimum atomic E-state index is -1.20. The number of hydrogen-bond donors (Lipinski definition) is 2. The number of aliphatic hydroxyl groups is 1. The molecule has 25 heavy (non-hydrogen) atoms. The molecule has 128 valence electrons. The third-order valence-corrected chi connectivity index (χ3v) is 3.47. The maximum atomic E-state index is 12.4. The zero-order valence-corrected chi connectivity index (χ0v) is 13.4. The number of hydrogen-bond acceptors (Lipinski definition) is 6. The van der Waals surface area contributed by atoms with Crippen LogP contribution in [0, 0.1) is 0 Å². The molecule has 0 saturated carbocycles. The summed E-state index contributed by atoms with van der Waals surface area (Å²) in [5.41, 5.74) is 2.85. The third-order valence-electron chi connectivity index (χ3n) is 3.47. The van der Waals surface area contributed by atoms with Crippen molar-refractivity contribution in [3.8, 4) is 5.75 Å². The van der Waals surface area contributed by atoms with E-state index in [0.29, 0.717) is 17.1 Å². The van der Waals surface area contributed by atoms with Gasteiger partial charge in [-0.25, -0.2) is 5.43 Å². The lowest BCUT2D eigenvalue weighted by molar-refractivity contribution is 0.0951. The van der Waals surface area contributed by atoms with Crippen molar-refractivity contribution in [3.63, 3.8) is 0 Å². The fraction of sp³-hybridized carbons (Fsp3) is 0.111. The highest BCUT2D eigenvalue weighted by molar-refractivity contribution is 6.03. The number of aliphatic hydroxyl groups excluding tert-OH is 1. The summed E-state index contributed by atoms with van der Waals surface area (Å²) in [6.45, 7) is 0. The van der Waals surface area contributed by atoms with Crippen molar-refractivity contribution in [1.82, 2.24) is 5.43 Å². The summed E-state index contributed by atoms with van der Waals surface area (Å²) < 4.78 is 15.6. The molecule has 0 fully saturated rings. The topological polar surface area (TPSA) is 97.2 Å². The van der Waals surface area contributed by atoms with Crippen LogP contribution in [0.15, 0.2) is 75.0 Å². The van der Waals surface area contributed by atoms with Crippen LogP contribution < -0.4 is 10.2 Å². The van der Waals surface area contributed by atoms with Crippen molar-refractivity contribution in [1.29, 1.82) is 0 Å². The quantitative estimate of drug-likeness (QED) is 0.531. The molecule has 0 aliphatic rings. The van der Waals surface area contributed by atoms with Gasteiger partial charge in [-0.3, -0.25) is 4.79 Å². The smallest absolute Gasteiger partial charge is 0.275 e. The number of benzene rings is 1. The van der Waals surface area contributed by atoms with Gasteiger partial charge in [-0.15, -0.1) is 0 Å². The Morgan fingerprint density at radius 3 is 2.56 bits per heavy atom. The second-order valence-electron chi connectivity index (χ2n) is 5.03. The number of furan rings is 2. The first kappa shape index (κ1) is 16.5. The zero-order chi connectivity index (χ0) is 17.6. The lowest BCUT2D eigenvalue weighted by atomic mass is 10.1. The van der Waals surface area contributed by atoms with Crippen LogP contribution in [-0.4, -0.2) is 23.8 Å². The normalized spacial score (nSPS) is 12.6. The molecule has 2 heterocycles. The number of ether oxygens (including phenoxy) is 1. The van der Waals surface area contributed by atoms with E-state index in [9.17, 15) is 9.90 Å². The van der Waals surface area contributed by atoms with Crippen LogP contribution in [0.25, 0.3) is 0 Å². The fourth-order valence-electron chi connectivity index (χ4n) is 2.26. The molecule has 7 nitrogen and oxygen atoms in total. The highest BCUT2D eigenvalue weighted by Gasteiger charge is 2.23. The molecule has 2 N–H and O–H groups in total. The van der Waals surface area contributed by atoms with Crippen molar-refractivity contribution < 1.29 is 23.5 Å². The van der Waals surface area contributed by atoms with E-state index in [4.69, 9.17) is 13.6 Å². The Balaban J connectivity index is 1.87. The molecule has 0 spiro atoms. The van der Waals surface area contributed by atoms with E-state index in [1.807, 2.05) is 0 Å². The van der Waals surface area contributed by atoms with E-state index in [0.717, 1.165) is 0 Å². The number of hydrazone groups is 1. The number of carbonyl (C=O) groups is 1. The van der Waals surface area contributed by atoms with Crippen molar-refractivity contribution in [2.45, 2.75) is 6.10 Å². The monoisotopic (exact) mass is 340 g/mol. The Labute approximate surface area is 143 Å². The first-order chi connectivity index (χ1) is 12.2. The van der Waals surface area contributed by atoms with Gasteiger partial charge in [0.2, 0.25) is 0 Å². The average Bonchev–Trinajstić information content (AvgIpc) is 3.35. The standard InChI is InChI=1S/C18H16N2O5/c1-23-13-7-3-2-6-12(13)18(22)20-19-16(14-8-4-10-24-14)17(21)15-9-5-11-25-15/h2-11,17,21H,1H3,(H,20,22)/t17-/m0/s1. The van der Waals surface area contributed by atoms with Crippen molar-refractivity contribution >= 4 is 11.6 Å². The summed E-state index contributed by atoms with van der Waals surface area (Å²) >= 11 is 0. The third kappa shape index (κ3) is 3.61. The summed E-state index contributed by atoms with van der Waals surface area (Å²) in [5.74, 6) is 0.528. The summed E-state index contributed by atoms with van der Waals surface area (Å²) in [4.78, 5) is 12.4. The van der Waals surface area contributed by atoms with Crippen LogP contribution in [0.5, 0.6) is 5.75 Å². The van der Waals surface area contributed by atoms with Gasteiger partial charge in [0, 0.05) is 0 Å². The number of nitrogens with zero attached hydrogens (tertiary/aromatic N) is 1. The maximum absolute atomic E-state index is 12.4. The minimum absolute atomic E-state index is 0.114. The molecule has 0 aliphatic carbocycles. The molecule has 1 aromatic carbocycles. The van der Waals surface area contributed by atoms with E-state index < -0.39 is 12.0 Å².